The number of carbonyl (C=O) groups is 1. The van der Waals surface area contributed by atoms with Crippen LogP contribution in [0.15, 0.2) is 0 Å². The predicted octanol–water partition coefficient (Wildman–Crippen LogP) is 0.806. The van der Waals surface area contributed by atoms with Crippen molar-refractivity contribution < 1.29 is 35.3 Å². The van der Waals surface area contributed by atoms with Crippen LogP contribution >= 0.6 is 0 Å². The number of hydrogen-bond donors (Lipinski definition) is 0. The minimum absolute atomic E-state index is 0.0476. The maximum absolute atomic E-state index is 11.7. The molecule has 0 aromatic heterocycles. The summed E-state index contributed by atoms with van der Waals surface area (Å²) in [6.45, 7) is 0.0885. The molecule has 0 bridgehead atoms. The van der Waals surface area contributed by atoms with Gasteiger partial charge in [-0.05, 0) is 0 Å². The lowest BCUT2D eigenvalue weighted by Crippen LogP contribution is -2.27. The van der Waals surface area contributed by atoms with Crippen molar-refractivity contribution in [2.45, 2.75) is 18.9 Å². The van der Waals surface area contributed by atoms with Crippen molar-refractivity contribution in [2.75, 3.05) is 13.2 Å². The van der Waals surface area contributed by atoms with Crippen LogP contribution in [0.5, 0.6) is 0 Å². The number of hydrogen-bond acceptors (Lipinski definition) is 5. The van der Waals surface area contributed by atoms with Gasteiger partial charge in [-0.3, -0.25) is 8.98 Å². The first-order valence-electron chi connectivity index (χ1n) is 3.82. The van der Waals surface area contributed by atoms with Gasteiger partial charge in [0.1, 0.15) is 13.2 Å². The van der Waals surface area contributed by atoms with Gasteiger partial charge in [0.25, 0.3) is 0 Å². The Labute approximate surface area is 84.3 Å². The molecule has 0 aromatic carbocycles. The summed E-state index contributed by atoms with van der Waals surface area (Å²) in [5.41, 5.74) is -5.46. The topological polar surface area (TPSA) is 69.7 Å². The lowest BCUT2D eigenvalue weighted by Gasteiger charge is -2.08. The summed E-state index contributed by atoms with van der Waals surface area (Å²) >= 11 is 0. The molecule has 0 amide bonds. The highest BCUT2D eigenvalue weighted by Gasteiger charge is 2.47. The van der Waals surface area contributed by atoms with Crippen molar-refractivity contribution in [1.82, 2.24) is 0 Å². The Bertz CT molecular complexity index is 307. The fourth-order valence-corrected chi connectivity index (χ4v) is 0.889. The standard InChI is InChI=1S/C6H9F3O5S/c1-2-5(10)13-3-4-14-15(11,12)6(7,8)9/h2-4H2,1H3. The highest BCUT2D eigenvalue weighted by Crippen LogP contribution is 2.24. The SMILES string of the molecule is CCC(=O)OCCOS(=O)(=O)C(F)(F)F. The second-order valence-corrected chi connectivity index (χ2v) is 3.90. The molecule has 0 saturated carbocycles. The number of halogens is 3. The zero-order chi connectivity index (χ0) is 12.1. The predicted molar refractivity (Wildman–Crippen MR) is 42.2 cm³/mol. The van der Waals surface area contributed by atoms with Crippen molar-refractivity contribution in [3.8, 4) is 0 Å². The third-order valence-electron chi connectivity index (χ3n) is 1.16. The Kier molecular flexibility index (Phi) is 5.01. The molecule has 9 heteroatoms. The molecule has 0 saturated heterocycles. The van der Waals surface area contributed by atoms with Gasteiger partial charge in [-0.2, -0.15) is 21.6 Å². The number of alkyl halides is 3. The number of ether oxygens (including phenoxy) is 1. The van der Waals surface area contributed by atoms with E-state index in [-0.39, 0.29) is 6.42 Å². The summed E-state index contributed by atoms with van der Waals surface area (Å²) in [4.78, 5) is 10.5. The van der Waals surface area contributed by atoms with Crippen LogP contribution in [0.3, 0.4) is 0 Å². The molecule has 0 unspecified atom stereocenters. The van der Waals surface area contributed by atoms with E-state index >= 15 is 0 Å². The number of esters is 1. The van der Waals surface area contributed by atoms with Crippen LogP contribution in [0.4, 0.5) is 13.2 Å². The Morgan fingerprint density at radius 2 is 1.80 bits per heavy atom. The summed E-state index contributed by atoms with van der Waals surface area (Å²) in [6, 6.07) is 0. The van der Waals surface area contributed by atoms with Crippen LogP contribution in [0.1, 0.15) is 13.3 Å². The Morgan fingerprint density at radius 1 is 1.27 bits per heavy atom. The molecule has 0 aliphatic rings. The quantitative estimate of drug-likeness (QED) is 0.312. The molecule has 0 radical (unpaired) electrons. The van der Waals surface area contributed by atoms with Gasteiger partial charge >= 0.3 is 21.6 Å². The largest absolute Gasteiger partial charge is 0.523 e. The summed E-state index contributed by atoms with van der Waals surface area (Å²) in [7, 11) is -5.59. The summed E-state index contributed by atoms with van der Waals surface area (Å²) in [5.74, 6) is -0.650. The molecular formula is C6H9F3O5S. The number of rotatable bonds is 5. The molecule has 0 aromatic rings. The smallest absolute Gasteiger partial charge is 0.463 e. The van der Waals surface area contributed by atoms with Crippen LogP contribution in [0, 0.1) is 0 Å². The van der Waals surface area contributed by atoms with Crippen LogP contribution in [0.25, 0.3) is 0 Å². The number of carbonyl (C=O) groups excluding carboxylic acids is 1. The Morgan fingerprint density at radius 3 is 2.20 bits per heavy atom. The molecule has 0 atom stereocenters. The summed E-state index contributed by atoms with van der Waals surface area (Å²) in [6.07, 6.45) is 0.0476. The van der Waals surface area contributed by atoms with Crippen molar-refractivity contribution in [2.24, 2.45) is 0 Å². The molecule has 90 valence electrons. The molecule has 5 nitrogen and oxygen atoms in total. The van der Waals surface area contributed by atoms with E-state index in [2.05, 4.69) is 8.92 Å². The first-order chi connectivity index (χ1) is 6.70. The van der Waals surface area contributed by atoms with Crippen molar-refractivity contribution >= 4 is 16.1 Å². The normalized spacial score (nSPS) is 12.5. The molecule has 0 fully saturated rings. The lowest BCUT2D eigenvalue weighted by molar-refractivity contribution is -0.144. The van der Waals surface area contributed by atoms with E-state index in [0.717, 1.165) is 0 Å². The van der Waals surface area contributed by atoms with Gasteiger partial charge in [0.05, 0.1) is 0 Å². The van der Waals surface area contributed by atoms with Crippen molar-refractivity contribution in [3.05, 3.63) is 0 Å². The maximum Gasteiger partial charge on any atom is 0.523 e. The van der Waals surface area contributed by atoms with Crippen LogP contribution < -0.4 is 0 Å². The molecule has 0 aliphatic carbocycles. The van der Waals surface area contributed by atoms with Gasteiger partial charge in [-0.1, -0.05) is 6.92 Å². The third kappa shape index (κ3) is 4.98. The van der Waals surface area contributed by atoms with Crippen molar-refractivity contribution in [1.29, 1.82) is 0 Å². The zero-order valence-corrected chi connectivity index (χ0v) is 8.52. The molecule has 0 heterocycles. The second-order valence-electron chi connectivity index (χ2n) is 2.30. The van der Waals surface area contributed by atoms with Crippen LogP contribution in [-0.4, -0.2) is 33.1 Å². The van der Waals surface area contributed by atoms with E-state index in [9.17, 15) is 26.4 Å². The third-order valence-corrected chi connectivity index (χ3v) is 2.20. The van der Waals surface area contributed by atoms with Gasteiger partial charge in [-0.15, -0.1) is 0 Å². The van der Waals surface area contributed by atoms with E-state index in [1.165, 1.54) is 6.92 Å². The highest BCUT2D eigenvalue weighted by atomic mass is 32.2. The minimum Gasteiger partial charge on any atom is -0.463 e. The first-order valence-corrected chi connectivity index (χ1v) is 5.23. The minimum atomic E-state index is -5.59. The van der Waals surface area contributed by atoms with Gasteiger partial charge in [-0.25, -0.2) is 0 Å². The summed E-state index contributed by atoms with van der Waals surface area (Å²) < 4.78 is 63.4. The molecular weight excluding hydrogens is 241 g/mol. The summed E-state index contributed by atoms with van der Waals surface area (Å²) in [5, 5.41) is 0. The molecule has 0 N–H and O–H groups in total. The fourth-order valence-electron chi connectivity index (χ4n) is 0.468. The van der Waals surface area contributed by atoms with Gasteiger partial charge < -0.3 is 4.74 Å². The van der Waals surface area contributed by atoms with E-state index in [1.807, 2.05) is 0 Å². The van der Waals surface area contributed by atoms with Gasteiger partial charge in [0.15, 0.2) is 0 Å². The molecule has 0 aliphatic heterocycles. The molecule has 0 rings (SSSR count). The van der Waals surface area contributed by atoms with E-state index in [4.69, 9.17) is 0 Å². The highest BCUT2D eigenvalue weighted by molar-refractivity contribution is 7.87. The van der Waals surface area contributed by atoms with Crippen LogP contribution in [-0.2, 0) is 23.8 Å². The second kappa shape index (κ2) is 5.31. The fraction of sp³-hybridized carbons (Fsp3) is 0.833. The Balaban J connectivity index is 3.93. The van der Waals surface area contributed by atoms with E-state index in [1.54, 1.807) is 0 Å². The molecule has 0 spiro atoms. The van der Waals surface area contributed by atoms with Crippen LogP contribution in [0.2, 0.25) is 0 Å². The van der Waals surface area contributed by atoms with Gasteiger partial charge in [0.2, 0.25) is 0 Å². The van der Waals surface area contributed by atoms with E-state index in [0.29, 0.717) is 0 Å². The average molecular weight is 250 g/mol. The Hall–Kier alpha value is -0.830. The van der Waals surface area contributed by atoms with Crippen molar-refractivity contribution in [3.63, 3.8) is 0 Å². The average Bonchev–Trinajstić information content (AvgIpc) is 2.10. The lowest BCUT2D eigenvalue weighted by atomic mass is 10.5. The van der Waals surface area contributed by atoms with Gasteiger partial charge in [0, 0.05) is 6.42 Å². The zero-order valence-electron chi connectivity index (χ0n) is 7.70. The van der Waals surface area contributed by atoms with E-state index < -0.39 is 34.8 Å². The first kappa shape index (κ1) is 14.2. The molecule has 15 heavy (non-hydrogen) atoms. The maximum atomic E-state index is 11.7. The monoisotopic (exact) mass is 250 g/mol.